The number of rotatable bonds is 7. The fourth-order valence-electron chi connectivity index (χ4n) is 2.15. The third-order valence-corrected chi connectivity index (χ3v) is 3.51. The SMILES string of the molecule is COc1cc(C=C(C#N)c2ccccn2)ccc1OCCC(C)C. The number of hydrogen-bond donors (Lipinski definition) is 0. The average Bonchev–Trinajstić information content (AvgIpc) is 2.61. The van der Waals surface area contributed by atoms with Crippen molar-refractivity contribution in [2.45, 2.75) is 20.3 Å². The van der Waals surface area contributed by atoms with Crippen LogP contribution in [0.2, 0.25) is 0 Å². The van der Waals surface area contributed by atoms with Gasteiger partial charge in [0.05, 0.1) is 25.0 Å². The zero-order valence-electron chi connectivity index (χ0n) is 14.3. The van der Waals surface area contributed by atoms with Gasteiger partial charge in [-0.3, -0.25) is 4.98 Å². The maximum atomic E-state index is 9.38. The Morgan fingerprint density at radius 2 is 2.08 bits per heavy atom. The lowest BCUT2D eigenvalue weighted by molar-refractivity contribution is 0.273. The molecule has 0 fully saturated rings. The molecule has 1 aromatic carbocycles. The van der Waals surface area contributed by atoms with Crippen LogP contribution in [0.5, 0.6) is 11.5 Å². The number of hydrogen-bond acceptors (Lipinski definition) is 4. The van der Waals surface area contributed by atoms with Gasteiger partial charge in [-0.1, -0.05) is 26.0 Å². The minimum Gasteiger partial charge on any atom is -0.493 e. The number of pyridine rings is 1. The third-order valence-electron chi connectivity index (χ3n) is 3.51. The first-order chi connectivity index (χ1) is 11.6. The Balaban J connectivity index is 2.22. The second-order valence-corrected chi connectivity index (χ2v) is 5.83. The van der Waals surface area contributed by atoms with Crippen LogP contribution >= 0.6 is 0 Å². The van der Waals surface area contributed by atoms with Gasteiger partial charge in [0.25, 0.3) is 0 Å². The number of benzene rings is 1. The Hall–Kier alpha value is -2.80. The molecule has 2 aromatic rings. The smallest absolute Gasteiger partial charge is 0.161 e. The van der Waals surface area contributed by atoms with Crippen LogP contribution in [-0.4, -0.2) is 18.7 Å². The first-order valence-electron chi connectivity index (χ1n) is 7.98. The Morgan fingerprint density at radius 3 is 2.71 bits per heavy atom. The van der Waals surface area contributed by atoms with Gasteiger partial charge < -0.3 is 9.47 Å². The first kappa shape index (κ1) is 17.6. The predicted molar refractivity (Wildman–Crippen MR) is 95.7 cm³/mol. The molecule has 4 heteroatoms. The number of methoxy groups -OCH3 is 1. The van der Waals surface area contributed by atoms with E-state index in [0.717, 1.165) is 12.0 Å². The van der Waals surface area contributed by atoms with Crippen LogP contribution in [0.25, 0.3) is 11.6 Å². The van der Waals surface area contributed by atoms with Crippen molar-refractivity contribution in [1.29, 1.82) is 5.26 Å². The molecule has 0 saturated carbocycles. The fraction of sp³-hybridized carbons (Fsp3) is 0.300. The summed E-state index contributed by atoms with van der Waals surface area (Å²) in [7, 11) is 1.61. The third kappa shape index (κ3) is 4.85. The molecule has 0 aliphatic heterocycles. The lowest BCUT2D eigenvalue weighted by Crippen LogP contribution is -2.02. The van der Waals surface area contributed by atoms with Crippen LogP contribution in [0, 0.1) is 17.2 Å². The highest BCUT2D eigenvalue weighted by Gasteiger charge is 2.07. The highest BCUT2D eigenvalue weighted by Crippen LogP contribution is 2.30. The zero-order valence-corrected chi connectivity index (χ0v) is 14.3. The first-order valence-corrected chi connectivity index (χ1v) is 7.98. The molecule has 4 nitrogen and oxygen atoms in total. The fourth-order valence-corrected chi connectivity index (χ4v) is 2.15. The zero-order chi connectivity index (χ0) is 17.4. The van der Waals surface area contributed by atoms with Gasteiger partial charge in [0.15, 0.2) is 11.5 Å². The van der Waals surface area contributed by atoms with Crippen molar-refractivity contribution in [2.75, 3.05) is 13.7 Å². The van der Waals surface area contributed by atoms with E-state index in [1.165, 1.54) is 0 Å². The highest BCUT2D eigenvalue weighted by molar-refractivity contribution is 5.88. The summed E-state index contributed by atoms with van der Waals surface area (Å²) in [5.41, 5.74) is 2.02. The lowest BCUT2D eigenvalue weighted by atomic mass is 10.1. The van der Waals surface area contributed by atoms with Gasteiger partial charge in [-0.05, 0) is 48.2 Å². The summed E-state index contributed by atoms with van der Waals surface area (Å²) in [6.07, 6.45) is 4.46. The predicted octanol–water partition coefficient (Wildman–Crippen LogP) is 4.58. The van der Waals surface area contributed by atoms with Crippen molar-refractivity contribution in [2.24, 2.45) is 5.92 Å². The molecule has 0 unspecified atom stereocenters. The molecule has 1 aromatic heterocycles. The number of nitriles is 1. The van der Waals surface area contributed by atoms with Crippen molar-refractivity contribution >= 4 is 11.6 Å². The Bertz CT molecular complexity index is 731. The standard InChI is InChI=1S/C20H22N2O2/c1-15(2)9-11-24-19-8-7-16(13-20(19)23-3)12-17(14-21)18-6-4-5-10-22-18/h4-8,10,12-13,15H,9,11H2,1-3H3. The molecular formula is C20H22N2O2. The van der Waals surface area contributed by atoms with Gasteiger partial charge >= 0.3 is 0 Å². The van der Waals surface area contributed by atoms with Crippen molar-refractivity contribution in [3.8, 4) is 17.6 Å². The summed E-state index contributed by atoms with van der Waals surface area (Å²) < 4.78 is 11.2. The van der Waals surface area contributed by atoms with E-state index in [9.17, 15) is 5.26 Å². The number of nitrogens with zero attached hydrogens (tertiary/aromatic N) is 2. The van der Waals surface area contributed by atoms with Crippen molar-refractivity contribution in [1.82, 2.24) is 4.98 Å². The largest absolute Gasteiger partial charge is 0.493 e. The summed E-state index contributed by atoms with van der Waals surface area (Å²) in [6, 6.07) is 13.3. The number of aromatic nitrogens is 1. The van der Waals surface area contributed by atoms with Crippen LogP contribution in [0.15, 0.2) is 42.6 Å². The van der Waals surface area contributed by atoms with Gasteiger partial charge in [0.1, 0.15) is 6.07 Å². The highest BCUT2D eigenvalue weighted by atomic mass is 16.5. The lowest BCUT2D eigenvalue weighted by Gasteiger charge is -2.12. The molecule has 2 rings (SSSR count). The number of allylic oxidation sites excluding steroid dienone is 1. The molecule has 0 aliphatic rings. The van der Waals surface area contributed by atoms with E-state index in [4.69, 9.17) is 9.47 Å². The molecule has 0 spiro atoms. The second-order valence-electron chi connectivity index (χ2n) is 5.83. The van der Waals surface area contributed by atoms with Gasteiger partial charge in [0.2, 0.25) is 0 Å². The normalized spacial score (nSPS) is 11.2. The molecule has 0 radical (unpaired) electrons. The van der Waals surface area contributed by atoms with Crippen LogP contribution < -0.4 is 9.47 Å². The van der Waals surface area contributed by atoms with Crippen molar-refractivity contribution in [3.63, 3.8) is 0 Å². The topological polar surface area (TPSA) is 55.1 Å². The maximum absolute atomic E-state index is 9.38. The second kappa shape index (κ2) is 8.73. The van der Waals surface area contributed by atoms with E-state index < -0.39 is 0 Å². The molecule has 0 N–H and O–H groups in total. The molecule has 0 atom stereocenters. The summed E-state index contributed by atoms with van der Waals surface area (Å²) in [5.74, 6) is 1.97. The van der Waals surface area contributed by atoms with Gasteiger partial charge in [-0.2, -0.15) is 5.26 Å². The molecule has 24 heavy (non-hydrogen) atoms. The van der Waals surface area contributed by atoms with Gasteiger partial charge in [0, 0.05) is 6.20 Å². The summed E-state index contributed by atoms with van der Waals surface area (Å²) in [6.45, 7) is 4.98. The minimum absolute atomic E-state index is 0.506. The van der Waals surface area contributed by atoms with E-state index in [-0.39, 0.29) is 0 Å². The van der Waals surface area contributed by atoms with Gasteiger partial charge in [-0.25, -0.2) is 0 Å². The summed E-state index contributed by atoms with van der Waals surface area (Å²) in [5, 5.41) is 9.38. The molecule has 1 heterocycles. The average molecular weight is 322 g/mol. The summed E-state index contributed by atoms with van der Waals surface area (Å²) >= 11 is 0. The van der Waals surface area contributed by atoms with Crippen LogP contribution in [0.3, 0.4) is 0 Å². The Morgan fingerprint density at radius 1 is 1.25 bits per heavy atom. The van der Waals surface area contributed by atoms with E-state index in [1.807, 2.05) is 36.4 Å². The maximum Gasteiger partial charge on any atom is 0.161 e. The molecule has 0 saturated heterocycles. The van der Waals surface area contributed by atoms with E-state index in [1.54, 1.807) is 19.4 Å². The molecule has 0 aliphatic carbocycles. The van der Waals surface area contributed by atoms with Crippen LogP contribution in [-0.2, 0) is 0 Å². The minimum atomic E-state index is 0.506. The molecule has 124 valence electrons. The monoisotopic (exact) mass is 322 g/mol. The van der Waals surface area contributed by atoms with Gasteiger partial charge in [-0.15, -0.1) is 0 Å². The van der Waals surface area contributed by atoms with E-state index in [2.05, 4.69) is 24.9 Å². The molecular weight excluding hydrogens is 300 g/mol. The Labute approximate surface area is 143 Å². The summed E-state index contributed by atoms with van der Waals surface area (Å²) in [4.78, 5) is 4.22. The number of ether oxygens (including phenoxy) is 2. The van der Waals surface area contributed by atoms with E-state index >= 15 is 0 Å². The van der Waals surface area contributed by atoms with Crippen molar-refractivity contribution in [3.05, 3.63) is 53.9 Å². The molecule has 0 amide bonds. The quantitative estimate of drug-likeness (QED) is 0.700. The van der Waals surface area contributed by atoms with Crippen LogP contribution in [0.4, 0.5) is 0 Å². The van der Waals surface area contributed by atoms with E-state index in [0.29, 0.717) is 35.3 Å². The molecule has 0 bridgehead atoms. The Kier molecular flexibility index (Phi) is 6.39. The van der Waals surface area contributed by atoms with Crippen molar-refractivity contribution < 1.29 is 9.47 Å². The van der Waals surface area contributed by atoms with Crippen LogP contribution in [0.1, 0.15) is 31.5 Å².